The van der Waals surface area contributed by atoms with Crippen LogP contribution >= 0.6 is 23.2 Å². The van der Waals surface area contributed by atoms with Crippen LogP contribution in [0, 0.1) is 5.92 Å². The average molecular weight is 419 g/mol. The molecule has 4 rings (SSSR count). The fourth-order valence-electron chi connectivity index (χ4n) is 4.30. The van der Waals surface area contributed by atoms with Crippen LogP contribution in [-0.2, 0) is 11.3 Å². The molecule has 1 aliphatic carbocycles. The molecule has 2 amide bonds. The first kappa shape index (κ1) is 19.2. The van der Waals surface area contributed by atoms with Crippen molar-refractivity contribution < 1.29 is 14.7 Å². The maximum atomic E-state index is 13.0. The van der Waals surface area contributed by atoms with E-state index < -0.39 is 23.7 Å². The van der Waals surface area contributed by atoms with Crippen LogP contribution in [0.4, 0.5) is 4.79 Å². The quantitative estimate of drug-likeness (QED) is 0.779. The lowest BCUT2D eigenvalue weighted by Crippen LogP contribution is -2.69. The second kappa shape index (κ2) is 7.39. The molecule has 2 fully saturated rings. The maximum absolute atomic E-state index is 13.0. The number of rotatable bonds is 3. The van der Waals surface area contributed by atoms with Crippen molar-refractivity contribution in [2.24, 2.45) is 5.92 Å². The molecule has 146 valence electrons. The molecular weight excluding hydrogens is 399 g/mol. The van der Waals surface area contributed by atoms with Crippen molar-refractivity contribution in [3.05, 3.63) is 69.7 Å². The Balaban J connectivity index is 1.75. The highest BCUT2D eigenvalue weighted by Gasteiger charge is 2.57. The van der Waals surface area contributed by atoms with E-state index in [9.17, 15) is 14.7 Å². The fourth-order valence-corrected chi connectivity index (χ4v) is 4.83. The van der Waals surface area contributed by atoms with Gasteiger partial charge in [0.05, 0.1) is 18.5 Å². The van der Waals surface area contributed by atoms with Gasteiger partial charge in [0.1, 0.15) is 5.78 Å². The predicted octanol–water partition coefficient (Wildman–Crippen LogP) is 4.32. The van der Waals surface area contributed by atoms with Crippen LogP contribution in [-0.4, -0.2) is 27.5 Å². The number of fused-ring (bicyclic) bond motifs is 1. The second-order valence-corrected chi connectivity index (χ2v) is 8.18. The molecule has 3 unspecified atom stereocenters. The lowest BCUT2D eigenvalue weighted by atomic mass is 9.71. The van der Waals surface area contributed by atoms with Gasteiger partial charge in [0.25, 0.3) is 0 Å². The summed E-state index contributed by atoms with van der Waals surface area (Å²) in [6.07, 6.45) is 1.24. The monoisotopic (exact) mass is 418 g/mol. The Morgan fingerprint density at radius 2 is 1.89 bits per heavy atom. The summed E-state index contributed by atoms with van der Waals surface area (Å²) in [5.74, 6) is -0.885. The van der Waals surface area contributed by atoms with Crippen LogP contribution < -0.4 is 5.32 Å². The number of ketones is 1. The van der Waals surface area contributed by atoms with E-state index in [1.165, 1.54) is 4.90 Å². The van der Waals surface area contributed by atoms with Crippen molar-refractivity contribution in [1.29, 1.82) is 0 Å². The van der Waals surface area contributed by atoms with E-state index in [0.717, 1.165) is 5.56 Å². The number of aliphatic hydroxyl groups is 1. The summed E-state index contributed by atoms with van der Waals surface area (Å²) in [7, 11) is 0. The summed E-state index contributed by atoms with van der Waals surface area (Å²) in [5, 5.41) is 15.3. The fraction of sp³-hybridized carbons (Fsp3) is 0.333. The van der Waals surface area contributed by atoms with Crippen molar-refractivity contribution in [2.45, 2.75) is 37.6 Å². The maximum Gasteiger partial charge on any atom is 0.320 e. The van der Waals surface area contributed by atoms with Crippen LogP contribution in [0.2, 0.25) is 10.0 Å². The van der Waals surface area contributed by atoms with Gasteiger partial charge in [-0.15, -0.1) is 0 Å². The zero-order chi connectivity index (χ0) is 19.9. The molecule has 0 spiro atoms. The number of halogens is 2. The van der Waals surface area contributed by atoms with E-state index in [1.807, 2.05) is 30.3 Å². The Morgan fingerprint density at radius 3 is 2.61 bits per heavy atom. The number of hydrogen-bond donors (Lipinski definition) is 2. The van der Waals surface area contributed by atoms with E-state index in [1.54, 1.807) is 18.2 Å². The molecule has 0 aromatic heterocycles. The van der Waals surface area contributed by atoms with Crippen LogP contribution in [0.3, 0.4) is 0 Å². The molecule has 0 bridgehead atoms. The first-order valence-electron chi connectivity index (χ1n) is 9.22. The van der Waals surface area contributed by atoms with Gasteiger partial charge in [0, 0.05) is 16.5 Å². The highest BCUT2D eigenvalue weighted by molar-refractivity contribution is 6.35. The van der Waals surface area contributed by atoms with Crippen LogP contribution in [0.1, 0.15) is 36.4 Å². The van der Waals surface area contributed by atoms with Crippen LogP contribution in [0.5, 0.6) is 0 Å². The zero-order valence-electron chi connectivity index (χ0n) is 15.1. The van der Waals surface area contributed by atoms with Gasteiger partial charge >= 0.3 is 6.03 Å². The summed E-state index contributed by atoms with van der Waals surface area (Å²) >= 11 is 12.4. The molecule has 7 heteroatoms. The molecule has 1 saturated carbocycles. The number of carbonyl (C=O) groups excluding carboxylic acids is 2. The minimum absolute atomic E-state index is 0.0807. The predicted molar refractivity (Wildman–Crippen MR) is 107 cm³/mol. The molecule has 2 N–H and O–H groups in total. The molecule has 1 saturated heterocycles. The van der Waals surface area contributed by atoms with Gasteiger partial charge in [0.15, 0.2) is 5.72 Å². The van der Waals surface area contributed by atoms with Crippen molar-refractivity contribution in [1.82, 2.24) is 10.2 Å². The zero-order valence-corrected chi connectivity index (χ0v) is 16.6. The lowest BCUT2D eigenvalue weighted by molar-refractivity contribution is -0.180. The molecule has 2 aromatic rings. The third-order valence-corrected chi connectivity index (χ3v) is 6.18. The standard InChI is InChI=1S/C21H20Cl2N2O3/c22-14-8-9-15(16(23)11-14)19-18-17(26)7-4-10-21(18,28)25(20(27)24-19)12-13-5-2-1-3-6-13/h1-3,5-6,8-9,11,18-19,28H,4,7,10,12H2,(H,24,27). The topological polar surface area (TPSA) is 69.6 Å². The van der Waals surface area contributed by atoms with Crippen molar-refractivity contribution in [3.63, 3.8) is 0 Å². The van der Waals surface area contributed by atoms with E-state index in [0.29, 0.717) is 34.9 Å². The molecular formula is C21H20Cl2N2O3. The first-order valence-corrected chi connectivity index (χ1v) is 9.98. The Labute approximate surface area is 173 Å². The van der Waals surface area contributed by atoms with E-state index in [-0.39, 0.29) is 12.3 Å². The van der Waals surface area contributed by atoms with E-state index in [4.69, 9.17) is 23.2 Å². The molecule has 3 atom stereocenters. The van der Waals surface area contributed by atoms with E-state index in [2.05, 4.69) is 5.32 Å². The number of Topliss-reactive ketones (excluding diaryl/α,β-unsaturated/α-hetero) is 1. The van der Waals surface area contributed by atoms with Gasteiger partial charge in [-0.3, -0.25) is 9.69 Å². The SMILES string of the molecule is O=C1CCCC2(O)C1C(c1ccc(Cl)cc1Cl)NC(=O)N2Cc1ccccc1. The number of nitrogens with one attached hydrogen (secondary N) is 1. The van der Waals surface area contributed by atoms with Crippen LogP contribution in [0.25, 0.3) is 0 Å². The van der Waals surface area contributed by atoms with E-state index >= 15 is 0 Å². The lowest BCUT2D eigenvalue weighted by Gasteiger charge is -2.53. The summed E-state index contributed by atoms with van der Waals surface area (Å²) in [6.45, 7) is 0.216. The minimum Gasteiger partial charge on any atom is -0.370 e. The first-order chi connectivity index (χ1) is 13.4. The molecule has 1 heterocycles. The number of benzene rings is 2. The smallest absolute Gasteiger partial charge is 0.320 e. The van der Waals surface area contributed by atoms with Gasteiger partial charge in [-0.2, -0.15) is 0 Å². The Bertz CT molecular complexity index is 921. The van der Waals surface area contributed by atoms with Crippen LogP contribution in [0.15, 0.2) is 48.5 Å². The Hall–Kier alpha value is -2.08. The number of amides is 2. The molecule has 0 radical (unpaired) electrons. The average Bonchev–Trinajstić information content (AvgIpc) is 2.65. The molecule has 2 aliphatic rings. The van der Waals surface area contributed by atoms with Gasteiger partial charge in [-0.25, -0.2) is 4.79 Å². The second-order valence-electron chi connectivity index (χ2n) is 7.34. The Kier molecular flexibility index (Phi) is 5.08. The number of urea groups is 1. The van der Waals surface area contributed by atoms with Crippen molar-refractivity contribution in [3.8, 4) is 0 Å². The molecule has 28 heavy (non-hydrogen) atoms. The van der Waals surface area contributed by atoms with Gasteiger partial charge in [0.2, 0.25) is 0 Å². The third kappa shape index (κ3) is 3.28. The highest BCUT2D eigenvalue weighted by Crippen LogP contribution is 2.46. The molecule has 2 aromatic carbocycles. The highest BCUT2D eigenvalue weighted by atomic mass is 35.5. The van der Waals surface area contributed by atoms with Crippen molar-refractivity contribution in [2.75, 3.05) is 0 Å². The number of carbonyl (C=O) groups is 2. The summed E-state index contributed by atoms with van der Waals surface area (Å²) in [6, 6.07) is 13.2. The normalized spacial score (nSPS) is 27.3. The third-order valence-electron chi connectivity index (χ3n) is 5.62. The minimum atomic E-state index is -1.57. The summed E-state index contributed by atoms with van der Waals surface area (Å²) in [4.78, 5) is 27.3. The van der Waals surface area contributed by atoms with Gasteiger partial charge in [-0.05, 0) is 36.1 Å². The van der Waals surface area contributed by atoms with Gasteiger partial charge in [-0.1, -0.05) is 59.6 Å². The molecule has 5 nitrogen and oxygen atoms in total. The number of hydrogen-bond acceptors (Lipinski definition) is 3. The Morgan fingerprint density at radius 1 is 1.14 bits per heavy atom. The molecule has 1 aliphatic heterocycles. The van der Waals surface area contributed by atoms with Gasteiger partial charge < -0.3 is 10.4 Å². The largest absolute Gasteiger partial charge is 0.370 e. The number of nitrogens with zero attached hydrogens (tertiary/aromatic N) is 1. The van der Waals surface area contributed by atoms with Crippen molar-refractivity contribution >= 4 is 35.0 Å². The summed E-state index contributed by atoms with van der Waals surface area (Å²) < 4.78 is 0. The summed E-state index contributed by atoms with van der Waals surface area (Å²) in [5.41, 5.74) is -0.107.